The first-order valence-corrected chi connectivity index (χ1v) is 6.27. The fourth-order valence-corrected chi connectivity index (χ4v) is 1.73. The van der Waals surface area contributed by atoms with Crippen LogP contribution in [0.2, 0.25) is 0 Å². The lowest BCUT2D eigenvalue weighted by Crippen LogP contribution is -2.30. The molecular formula is C14H19NO2. The van der Waals surface area contributed by atoms with Gasteiger partial charge in [-0.05, 0) is 43.5 Å². The molecule has 1 unspecified atom stereocenters. The number of carbonyl (C=O) groups excluding carboxylic acids is 1. The van der Waals surface area contributed by atoms with E-state index < -0.39 is 0 Å². The van der Waals surface area contributed by atoms with Crippen molar-refractivity contribution in [3.05, 3.63) is 29.8 Å². The van der Waals surface area contributed by atoms with Crippen LogP contribution in [0.5, 0.6) is 5.75 Å². The second-order valence-electron chi connectivity index (χ2n) is 4.60. The molecule has 1 aromatic carbocycles. The van der Waals surface area contributed by atoms with Crippen molar-refractivity contribution in [1.82, 2.24) is 0 Å². The van der Waals surface area contributed by atoms with E-state index in [2.05, 4.69) is 0 Å². The minimum absolute atomic E-state index is 0.0184. The van der Waals surface area contributed by atoms with Gasteiger partial charge in [0.05, 0.1) is 12.1 Å². The molecule has 0 bridgehead atoms. The summed E-state index contributed by atoms with van der Waals surface area (Å²) in [5, 5.41) is 0. The van der Waals surface area contributed by atoms with Crippen LogP contribution in [-0.4, -0.2) is 17.9 Å². The Morgan fingerprint density at radius 1 is 1.41 bits per heavy atom. The van der Waals surface area contributed by atoms with E-state index in [-0.39, 0.29) is 11.8 Å². The van der Waals surface area contributed by atoms with Gasteiger partial charge in [0.25, 0.3) is 0 Å². The van der Waals surface area contributed by atoms with E-state index in [1.165, 1.54) is 0 Å². The second kappa shape index (κ2) is 5.32. The van der Waals surface area contributed by atoms with Gasteiger partial charge in [-0.3, -0.25) is 4.79 Å². The molecule has 2 rings (SSSR count). The average Bonchev–Trinajstić information content (AvgIpc) is 3.13. The molecule has 1 aromatic rings. The molecule has 1 fully saturated rings. The van der Waals surface area contributed by atoms with Crippen LogP contribution in [0.15, 0.2) is 24.3 Å². The molecule has 0 aliphatic heterocycles. The van der Waals surface area contributed by atoms with Crippen LogP contribution in [0.1, 0.15) is 43.0 Å². The molecule has 1 aliphatic carbocycles. The van der Waals surface area contributed by atoms with E-state index in [4.69, 9.17) is 10.5 Å². The summed E-state index contributed by atoms with van der Waals surface area (Å²) in [6.07, 6.45) is 4.33. The Hall–Kier alpha value is -1.35. The van der Waals surface area contributed by atoms with E-state index in [0.29, 0.717) is 11.7 Å². The second-order valence-corrected chi connectivity index (χ2v) is 4.60. The lowest BCUT2D eigenvalue weighted by Gasteiger charge is -2.10. The topological polar surface area (TPSA) is 52.3 Å². The lowest BCUT2D eigenvalue weighted by atomic mass is 10.0. The summed E-state index contributed by atoms with van der Waals surface area (Å²) in [6.45, 7) is 2.03. The molecule has 3 nitrogen and oxygen atoms in total. The van der Waals surface area contributed by atoms with Gasteiger partial charge in [-0.15, -0.1) is 0 Å². The van der Waals surface area contributed by atoms with E-state index in [1.807, 2.05) is 19.1 Å². The van der Waals surface area contributed by atoms with Crippen molar-refractivity contribution in [3.8, 4) is 5.75 Å². The summed E-state index contributed by atoms with van der Waals surface area (Å²) in [7, 11) is 0. The van der Waals surface area contributed by atoms with E-state index in [1.54, 1.807) is 12.1 Å². The van der Waals surface area contributed by atoms with Gasteiger partial charge in [0.2, 0.25) is 0 Å². The molecule has 1 saturated carbocycles. The van der Waals surface area contributed by atoms with Crippen molar-refractivity contribution in [2.24, 2.45) is 5.73 Å². The summed E-state index contributed by atoms with van der Waals surface area (Å²) in [5.74, 6) is 0.859. The van der Waals surface area contributed by atoms with Crippen molar-refractivity contribution in [3.63, 3.8) is 0 Å². The highest BCUT2D eigenvalue weighted by Gasteiger charge is 2.23. The van der Waals surface area contributed by atoms with Gasteiger partial charge in [0, 0.05) is 5.56 Å². The highest BCUT2D eigenvalue weighted by molar-refractivity contribution is 6.00. The monoisotopic (exact) mass is 233 g/mol. The fraction of sp³-hybridized carbons (Fsp3) is 0.500. The third kappa shape index (κ3) is 3.30. The number of benzene rings is 1. The molecule has 1 aliphatic rings. The highest BCUT2D eigenvalue weighted by Crippen LogP contribution is 2.26. The first-order chi connectivity index (χ1) is 8.20. The number of hydrogen-bond acceptors (Lipinski definition) is 3. The number of carbonyl (C=O) groups is 1. The Bertz CT molecular complexity index is 382. The van der Waals surface area contributed by atoms with Crippen molar-refractivity contribution in [2.45, 2.75) is 44.8 Å². The molecule has 3 heteroatoms. The molecule has 0 aromatic heterocycles. The Kier molecular flexibility index (Phi) is 3.79. The Balaban J connectivity index is 1.98. The Labute approximate surface area is 102 Å². The third-order valence-corrected chi connectivity index (χ3v) is 2.90. The van der Waals surface area contributed by atoms with Gasteiger partial charge < -0.3 is 10.5 Å². The summed E-state index contributed by atoms with van der Waals surface area (Å²) in [5.41, 5.74) is 6.48. The van der Waals surface area contributed by atoms with Gasteiger partial charge in [-0.1, -0.05) is 13.3 Å². The molecule has 1 atom stereocenters. The molecule has 92 valence electrons. The maximum absolute atomic E-state index is 11.9. The lowest BCUT2D eigenvalue weighted by molar-refractivity contribution is 0.0957. The average molecular weight is 233 g/mol. The standard InChI is InChI=1S/C14H19NO2/c1-2-3-13(15)14(16)10-4-6-11(7-5-10)17-12-8-9-12/h4-7,12-13H,2-3,8-9,15H2,1H3. The number of ether oxygens (including phenoxy) is 1. The number of ketones is 1. The summed E-state index contributed by atoms with van der Waals surface area (Å²) in [6, 6.07) is 6.93. The van der Waals surface area contributed by atoms with Crippen LogP contribution >= 0.6 is 0 Å². The molecule has 0 heterocycles. The van der Waals surface area contributed by atoms with Crippen LogP contribution in [0, 0.1) is 0 Å². The number of nitrogens with two attached hydrogens (primary N) is 1. The molecule has 0 spiro atoms. The van der Waals surface area contributed by atoms with Crippen LogP contribution in [0.3, 0.4) is 0 Å². The normalized spacial score (nSPS) is 16.6. The third-order valence-electron chi connectivity index (χ3n) is 2.90. The van der Waals surface area contributed by atoms with E-state index in [9.17, 15) is 4.79 Å². The van der Waals surface area contributed by atoms with Gasteiger partial charge in [-0.2, -0.15) is 0 Å². The number of Topliss-reactive ketones (excluding diaryl/α,β-unsaturated/α-hetero) is 1. The van der Waals surface area contributed by atoms with Gasteiger partial charge in [0.15, 0.2) is 5.78 Å². The molecule has 0 radical (unpaired) electrons. The predicted octanol–water partition coefficient (Wildman–Crippen LogP) is 2.54. The Morgan fingerprint density at radius 3 is 2.59 bits per heavy atom. The first kappa shape index (κ1) is 12.1. The Morgan fingerprint density at radius 2 is 2.06 bits per heavy atom. The van der Waals surface area contributed by atoms with Gasteiger partial charge in [-0.25, -0.2) is 0 Å². The van der Waals surface area contributed by atoms with Gasteiger partial charge in [0.1, 0.15) is 5.75 Å². The summed E-state index contributed by atoms with van der Waals surface area (Å²) >= 11 is 0. The van der Waals surface area contributed by atoms with Crippen LogP contribution < -0.4 is 10.5 Å². The van der Waals surface area contributed by atoms with Crippen molar-refractivity contribution in [2.75, 3.05) is 0 Å². The largest absolute Gasteiger partial charge is 0.490 e. The molecule has 0 amide bonds. The van der Waals surface area contributed by atoms with E-state index in [0.717, 1.165) is 31.4 Å². The number of hydrogen-bond donors (Lipinski definition) is 1. The minimum Gasteiger partial charge on any atom is -0.490 e. The van der Waals surface area contributed by atoms with Crippen molar-refractivity contribution >= 4 is 5.78 Å². The van der Waals surface area contributed by atoms with Gasteiger partial charge >= 0.3 is 0 Å². The van der Waals surface area contributed by atoms with Crippen molar-refractivity contribution < 1.29 is 9.53 Å². The maximum Gasteiger partial charge on any atom is 0.179 e. The predicted molar refractivity (Wildman–Crippen MR) is 67.3 cm³/mol. The van der Waals surface area contributed by atoms with Crippen molar-refractivity contribution in [1.29, 1.82) is 0 Å². The van der Waals surface area contributed by atoms with Crippen LogP contribution in [-0.2, 0) is 0 Å². The molecular weight excluding hydrogens is 214 g/mol. The quantitative estimate of drug-likeness (QED) is 0.768. The molecule has 17 heavy (non-hydrogen) atoms. The summed E-state index contributed by atoms with van der Waals surface area (Å²) < 4.78 is 5.63. The number of rotatable bonds is 6. The molecule has 2 N–H and O–H groups in total. The van der Waals surface area contributed by atoms with E-state index >= 15 is 0 Å². The summed E-state index contributed by atoms with van der Waals surface area (Å²) in [4.78, 5) is 11.9. The zero-order chi connectivity index (χ0) is 12.3. The maximum atomic E-state index is 11.9. The van der Waals surface area contributed by atoms with Crippen LogP contribution in [0.25, 0.3) is 0 Å². The minimum atomic E-state index is -0.379. The fourth-order valence-electron chi connectivity index (χ4n) is 1.73. The SMILES string of the molecule is CCCC(N)C(=O)c1ccc(OC2CC2)cc1. The zero-order valence-corrected chi connectivity index (χ0v) is 10.2. The van der Waals surface area contributed by atoms with Crippen LogP contribution in [0.4, 0.5) is 0 Å². The zero-order valence-electron chi connectivity index (χ0n) is 10.2. The first-order valence-electron chi connectivity index (χ1n) is 6.27. The molecule has 0 saturated heterocycles. The smallest absolute Gasteiger partial charge is 0.179 e. The highest BCUT2D eigenvalue weighted by atomic mass is 16.5.